The van der Waals surface area contributed by atoms with Crippen molar-refractivity contribution in [1.29, 1.82) is 0 Å². The van der Waals surface area contributed by atoms with Crippen molar-refractivity contribution < 1.29 is 24.9 Å². The number of nitrogen functional groups attached to an aromatic ring is 1. The summed E-state index contributed by atoms with van der Waals surface area (Å²) in [6.07, 6.45) is 2.08. The lowest BCUT2D eigenvalue weighted by Crippen LogP contribution is -2.42. The number of aromatic nitrogens is 4. The van der Waals surface area contributed by atoms with Crippen LogP contribution in [0.1, 0.15) is 19.1 Å². The smallest absolute Gasteiger partial charge is 0.167 e. The topological polar surface area (TPSA) is 185 Å². The quantitative estimate of drug-likeness (QED) is 0.328. The number of nitrogens with two attached hydrogens (primary N) is 2. The number of carbonyl (C=O) groups excluding carboxylic acids is 1. The van der Waals surface area contributed by atoms with E-state index in [0.717, 1.165) is 5.75 Å². The van der Waals surface area contributed by atoms with E-state index in [4.69, 9.17) is 16.2 Å². The van der Waals surface area contributed by atoms with Crippen molar-refractivity contribution in [2.24, 2.45) is 5.73 Å². The number of nitrogens with zero attached hydrogens (tertiary/aromatic N) is 4. The first kappa shape index (κ1) is 20.7. The van der Waals surface area contributed by atoms with Gasteiger partial charge in [0, 0.05) is 6.04 Å². The molecule has 1 saturated heterocycles. The molecule has 1 fully saturated rings. The number of hydrogen-bond acceptors (Lipinski definition) is 10. The van der Waals surface area contributed by atoms with Crippen molar-refractivity contribution in [3.63, 3.8) is 0 Å². The highest BCUT2D eigenvalue weighted by molar-refractivity contribution is 7.96. The number of fused-ring (bicyclic) bond motifs is 1. The predicted octanol–water partition coefficient (Wildman–Crippen LogP) is -2.87. The highest BCUT2D eigenvalue weighted by atomic mass is 32.2. The molecule has 0 aliphatic carbocycles. The summed E-state index contributed by atoms with van der Waals surface area (Å²) in [5.74, 6) is 0.234. The molecule has 0 spiro atoms. The largest absolute Gasteiger partial charge is 0.548 e. The molecule has 6 atom stereocenters. The van der Waals surface area contributed by atoms with Gasteiger partial charge >= 0.3 is 0 Å². The molecule has 3 heterocycles. The molecule has 2 aromatic rings. The van der Waals surface area contributed by atoms with Crippen LogP contribution in [0.25, 0.3) is 11.2 Å². The number of ether oxygens (including phenoxy) is 1. The molecule has 0 bridgehead atoms. The number of aliphatic hydroxyl groups is 2. The van der Waals surface area contributed by atoms with Gasteiger partial charge in [0.1, 0.15) is 41.7 Å². The Balaban J connectivity index is 1.62. The van der Waals surface area contributed by atoms with Crippen molar-refractivity contribution in [2.75, 3.05) is 23.5 Å². The predicted molar refractivity (Wildman–Crippen MR) is 101 cm³/mol. The van der Waals surface area contributed by atoms with Crippen molar-refractivity contribution in [1.82, 2.24) is 19.5 Å². The molecular formula is C16H24N6O5S. The Morgan fingerprint density at radius 1 is 1.39 bits per heavy atom. The van der Waals surface area contributed by atoms with Crippen LogP contribution >= 0.6 is 0 Å². The second-order valence-electron chi connectivity index (χ2n) is 6.85. The maximum absolute atomic E-state index is 10.7. The number of carboxylic acid groups (broad SMARTS) is 1. The van der Waals surface area contributed by atoms with Gasteiger partial charge in [-0.1, -0.05) is 0 Å². The molecule has 0 saturated carbocycles. The summed E-state index contributed by atoms with van der Waals surface area (Å²) in [6, 6.07) is -0.972. The molecule has 1 aliphatic heterocycles. The zero-order valence-corrected chi connectivity index (χ0v) is 16.2. The third-order valence-corrected chi connectivity index (χ3v) is 6.64. The number of rotatable bonds is 8. The molecule has 1 aliphatic rings. The lowest BCUT2D eigenvalue weighted by molar-refractivity contribution is -0.307. The minimum atomic E-state index is -1.26. The third-order valence-electron chi connectivity index (χ3n) is 4.76. The second kappa shape index (κ2) is 8.57. The fourth-order valence-corrected chi connectivity index (χ4v) is 4.85. The molecule has 2 aromatic heterocycles. The highest BCUT2D eigenvalue weighted by Gasteiger charge is 2.46. The van der Waals surface area contributed by atoms with E-state index in [1.165, 1.54) is 17.2 Å². The molecule has 0 aromatic carbocycles. The van der Waals surface area contributed by atoms with Crippen LogP contribution in [-0.2, 0) is 20.4 Å². The Hall–Kier alpha value is -1.99. The Morgan fingerprint density at radius 3 is 2.86 bits per heavy atom. The van der Waals surface area contributed by atoms with E-state index in [2.05, 4.69) is 15.0 Å². The van der Waals surface area contributed by atoms with Crippen LogP contribution in [-0.4, -0.2) is 77.8 Å². The third kappa shape index (κ3) is 4.20. The molecule has 11 nitrogen and oxygen atoms in total. The van der Waals surface area contributed by atoms with E-state index < -0.39 is 36.6 Å². The monoisotopic (exact) mass is 412 g/mol. The minimum absolute atomic E-state index is 0.153. The average molecular weight is 412 g/mol. The maximum atomic E-state index is 10.7. The Kier molecular flexibility index (Phi) is 6.35. The van der Waals surface area contributed by atoms with Crippen molar-refractivity contribution in [3.05, 3.63) is 12.7 Å². The van der Waals surface area contributed by atoms with Crippen LogP contribution in [0.2, 0.25) is 0 Å². The number of imidazole rings is 1. The van der Waals surface area contributed by atoms with Gasteiger partial charge in [0.05, 0.1) is 18.6 Å². The van der Waals surface area contributed by atoms with Gasteiger partial charge in [0.2, 0.25) is 0 Å². The van der Waals surface area contributed by atoms with Gasteiger partial charge in [-0.2, -0.15) is 0 Å². The summed E-state index contributed by atoms with van der Waals surface area (Å²) in [5, 5.41) is 31.5. The number of aliphatic hydroxyl groups excluding tert-OH is 2. The SMILES string of the molecule is C[S+](CCC[C@H](N)C(=O)[O-])C[C@H]1O[C@@H](n2cnc3c(N)ncnc32)[C@H](O)[C@@H]1O. The van der Waals surface area contributed by atoms with Gasteiger partial charge in [-0.05, 0) is 23.7 Å². The highest BCUT2D eigenvalue weighted by Crippen LogP contribution is 2.32. The standard InChI is InChI=1S/C16H24N6O5S/c1-28(4-2-3-8(17)16(25)26)5-9-11(23)12(24)15(27-9)22-7-21-10-13(18)19-6-20-14(10)22/h6-9,11-12,15,23-24H,2-5,17H2,1H3,(H2-,18,19,20,25,26)/t8-,9+,11+,12+,15+,28?/m0/s1. The van der Waals surface area contributed by atoms with E-state index in [9.17, 15) is 20.1 Å². The van der Waals surface area contributed by atoms with E-state index in [1.54, 1.807) is 0 Å². The first-order chi connectivity index (χ1) is 13.3. The molecule has 1 unspecified atom stereocenters. The molecule has 3 rings (SSSR count). The zero-order valence-electron chi connectivity index (χ0n) is 15.3. The number of carbonyl (C=O) groups is 1. The van der Waals surface area contributed by atoms with E-state index in [1.807, 2.05) is 6.26 Å². The van der Waals surface area contributed by atoms with Gasteiger partial charge in [-0.25, -0.2) is 15.0 Å². The maximum Gasteiger partial charge on any atom is 0.167 e. The van der Waals surface area contributed by atoms with Gasteiger partial charge in [-0.3, -0.25) is 4.57 Å². The van der Waals surface area contributed by atoms with Crippen LogP contribution in [0.15, 0.2) is 12.7 Å². The molecule has 154 valence electrons. The first-order valence-corrected chi connectivity index (χ1v) is 10.8. The van der Waals surface area contributed by atoms with Gasteiger partial charge in [0.25, 0.3) is 0 Å². The van der Waals surface area contributed by atoms with Crippen molar-refractivity contribution in [3.8, 4) is 0 Å². The van der Waals surface area contributed by atoms with Gasteiger partial charge in [0.15, 0.2) is 17.7 Å². The first-order valence-electron chi connectivity index (χ1n) is 8.79. The fourth-order valence-electron chi connectivity index (χ4n) is 3.18. The molecular weight excluding hydrogens is 388 g/mol. The Morgan fingerprint density at radius 2 is 2.14 bits per heavy atom. The van der Waals surface area contributed by atoms with E-state index in [0.29, 0.717) is 29.8 Å². The molecule has 12 heteroatoms. The molecule has 0 amide bonds. The number of hydrogen-bond donors (Lipinski definition) is 4. The van der Waals surface area contributed by atoms with Crippen LogP contribution < -0.4 is 16.6 Å². The number of anilines is 1. The molecule has 0 radical (unpaired) electrons. The summed E-state index contributed by atoms with van der Waals surface area (Å²) in [4.78, 5) is 22.8. The van der Waals surface area contributed by atoms with Crippen LogP contribution in [0.3, 0.4) is 0 Å². The second-order valence-corrected chi connectivity index (χ2v) is 9.15. The Bertz CT molecular complexity index is 835. The van der Waals surface area contributed by atoms with Crippen LogP contribution in [0.5, 0.6) is 0 Å². The fraction of sp³-hybridized carbons (Fsp3) is 0.625. The summed E-state index contributed by atoms with van der Waals surface area (Å²) in [5.41, 5.74) is 12.0. The van der Waals surface area contributed by atoms with Gasteiger partial charge in [-0.15, -0.1) is 0 Å². The summed E-state index contributed by atoms with van der Waals surface area (Å²) in [7, 11) is -0.153. The van der Waals surface area contributed by atoms with E-state index in [-0.39, 0.29) is 16.7 Å². The summed E-state index contributed by atoms with van der Waals surface area (Å²) in [6.45, 7) is 0. The minimum Gasteiger partial charge on any atom is -0.548 e. The van der Waals surface area contributed by atoms with Crippen molar-refractivity contribution in [2.45, 2.75) is 43.4 Å². The van der Waals surface area contributed by atoms with Crippen LogP contribution in [0, 0.1) is 0 Å². The van der Waals surface area contributed by atoms with Crippen LogP contribution in [0.4, 0.5) is 5.82 Å². The van der Waals surface area contributed by atoms with Crippen molar-refractivity contribution >= 4 is 33.8 Å². The number of carboxylic acids is 1. The molecule has 6 N–H and O–H groups in total. The molecule has 28 heavy (non-hydrogen) atoms. The summed E-state index contributed by atoms with van der Waals surface area (Å²) < 4.78 is 7.45. The Labute approximate surface area is 164 Å². The lowest BCUT2D eigenvalue weighted by Gasteiger charge is -2.16. The van der Waals surface area contributed by atoms with E-state index >= 15 is 0 Å². The summed E-state index contributed by atoms with van der Waals surface area (Å²) >= 11 is 0. The zero-order chi connectivity index (χ0) is 20.4. The normalized spacial score (nSPS) is 27.1. The lowest BCUT2D eigenvalue weighted by atomic mass is 10.1. The van der Waals surface area contributed by atoms with Gasteiger partial charge < -0.3 is 36.3 Å². The average Bonchev–Trinajstić information content (AvgIpc) is 3.19. The number of aliphatic carboxylic acids is 1.